The number of sulfonamides is 1. The van der Waals surface area contributed by atoms with Crippen LogP contribution >= 0.6 is 22.9 Å². The number of benzene rings is 3. The van der Waals surface area contributed by atoms with E-state index >= 15 is 0 Å². The standard InChI is InChI=1S/C25H20ClN3O4S3/c26-23-15-20(22-9-4-5-10-24(22)29(18-27)35(30)31)12-13-21(23)17-28(16-19-7-2-1-3-8-19)36(32,33)25-11-6-14-34-25/h1-15H,16-17H2,(H,30,31)/p-1. The molecule has 4 aromatic rings. The highest BCUT2D eigenvalue weighted by molar-refractivity contribution is 7.91. The number of hydrogen-bond acceptors (Lipinski definition) is 6. The largest absolute Gasteiger partial charge is 0.754 e. The van der Waals surface area contributed by atoms with Crippen molar-refractivity contribution in [3.05, 3.63) is 106 Å². The van der Waals surface area contributed by atoms with Gasteiger partial charge in [0.15, 0.2) is 6.19 Å². The average Bonchev–Trinajstić information content (AvgIpc) is 3.42. The first-order valence-electron chi connectivity index (χ1n) is 10.6. The predicted octanol–water partition coefficient (Wildman–Crippen LogP) is 5.54. The highest BCUT2D eigenvalue weighted by Gasteiger charge is 2.27. The maximum Gasteiger partial charge on any atom is 0.253 e. The number of anilines is 1. The van der Waals surface area contributed by atoms with E-state index in [-0.39, 0.29) is 23.0 Å². The van der Waals surface area contributed by atoms with Crippen molar-refractivity contribution in [2.75, 3.05) is 4.31 Å². The van der Waals surface area contributed by atoms with Crippen molar-refractivity contribution in [2.45, 2.75) is 17.3 Å². The molecule has 0 saturated heterocycles. The van der Waals surface area contributed by atoms with Gasteiger partial charge in [0.05, 0.1) is 17.0 Å². The van der Waals surface area contributed by atoms with Crippen LogP contribution in [0.2, 0.25) is 5.02 Å². The maximum atomic E-state index is 13.4. The van der Waals surface area contributed by atoms with Crippen molar-refractivity contribution in [1.29, 1.82) is 5.26 Å². The van der Waals surface area contributed by atoms with E-state index in [1.807, 2.05) is 30.3 Å². The normalized spacial score (nSPS) is 12.3. The Morgan fingerprint density at radius 3 is 2.33 bits per heavy atom. The second-order valence-corrected chi connectivity index (χ2v) is 11.9. The molecule has 0 fully saturated rings. The third-order valence-corrected chi connectivity index (χ3v) is 9.46. The molecule has 1 aromatic heterocycles. The van der Waals surface area contributed by atoms with E-state index in [4.69, 9.17) is 11.6 Å². The van der Waals surface area contributed by atoms with Gasteiger partial charge in [-0.1, -0.05) is 78.3 Å². The highest BCUT2D eigenvalue weighted by atomic mass is 35.5. The van der Waals surface area contributed by atoms with E-state index < -0.39 is 21.3 Å². The molecular weight excluding hydrogens is 538 g/mol. The van der Waals surface area contributed by atoms with Crippen LogP contribution in [0, 0.1) is 11.5 Å². The lowest BCUT2D eigenvalue weighted by Gasteiger charge is -2.23. The van der Waals surface area contributed by atoms with E-state index in [0.29, 0.717) is 26.0 Å². The molecule has 0 bridgehead atoms. The lowest BCUT2D eigenvalue weighted by Crippen LogP contribution is -2.29. The fraction of sp³-hybridized carbons (Fsp3) is 0.0800. The van der Waals surface area contributed by atoms with Gasteiger partial charge in [-0.05, 0) is 40.3 Å². The predicted molar refractivity (Wildman–Crippen MR) is 141 cm³/mol. The summed E-state index contributed by atoms with van der Waals surface area (Å²) in [4.78, 5) is 0. The summed E-state index contributed by atoms with van der Waals surface area (Å²) in [5.41, 5.74) is 2.67. The Bertz CT molecular complexity index is 1520. The molecule has 3 aromatic carbocycles. The van der Waals surface area contributed by atoms with Gasteiger partial charge in [-0.2, -0.15) is 9.57 Å². The Morgan fingerprint density at radius 2 is 1.69 bits per heavy atom. The SMILES string of the molecule is N#CN(c1ccccc1-c1ccc(CN(Cc2ccccc2)S(=O)(=O)c2cccs2)c(Cl)c1)S(=O)[O-]. The lowest BCUT2D eigenvalue weighted by atomic mass is 10.0. The van der Waals surface area contributed by atoms with Gasteiger partial charge in [-0.25, -0.2) is 12.7 Å². The number of nitriles is 1. The maximum absolute atomic E-state index is 13.4. The molecule has 0 saturated carbocycles. The summed E-state index contributed by atoms with van der Waals surface area (Å²) in [6.45, 7) is 0.194. The summed E-state index contributed by atoms with van der Waals surface area (Å²) in [5.74, 6) is 0. The van der Waals surface area contributed by atoms with Crippen LogP contribution in [0.3, 0.4) is 0 Å². The third kappa shape index (κ3) is 5.68. The Morgan fingerprint density at radius 1 is 0.972 bits per heavy atom. The minimum Gasteiger partial charge on any atom is -0.754 e. The number of hydrogen-bond donors (Lipinski definition) is 0. The Hall–Kier alpha value is -3.04. The van der Waals surface area contributed by atoms with Gasteiger partial charge in [-0.3, -0.25) is 4.21 Å². The van der Waals surface area contributed by atoms with Gasteiger partial charge in [0.2, 0.25) is 0 Å². The number of para-hydroxylation sites is 1. The Kier molecular flexibility index (Phi) is 8.21. The second kappa shape index (κ2) is 11.3. The molecule has 1 unspecified atom stereocenters. The number of nitrogens with zero attached hydrogens (tertiary/aromatic N) is 3. The van der Waals surface area contributed by atoms with Crippen LogP contribution in [0.5, 0.6) is 0 Å². The fourth-order valence-corrected chi connectivity index (χ4v) is 6.82. The summed E-state index contributed by atoms with van der Waals surface area (Å²) >= 11 is 4.97. The monoisotopic (exact) mass is 556 g/mol. The van der Waals surface area contributed by atoms with Crippen LogP contribution in [0.4, 0.5) is 5.69 Å². The quantitative estimate of drug-likeness (QED) is 0.153. The zero-order valence-electron chi connectivity index (χ0n) is 18.7. The fourth-order valence-electron chi connectivity index (χ4n) is 3.65. The Balaban J connectivity index is 1.70. The molecule has 1 heterocycles. The number of rotatable bonds is 9. The van der Waals surface area contributed by atoms with Gasteiger partial charge in [0.25, 0.3) is 10.0 Å². The van der Waals surface area contributed by atoms with Gasteiger partial charge in [-0.15, -0.1) is 11.3 Å². The molecule has 0 radical (unpaired) electrons. The molecule has 11 heteroatoms. The molecule has 0 aliphatic heterocycles. The average molecular weight is 557 g/mol. The van der Waals surface area contributed by atoms with E-state index in [1.54, 1.807) is 60.1 Å². The molecular formula is C25H19ClN3O4S3-. The number of halogens is 1. The molecule has 184 valence electrons. The summed E-state index contributed by atoms with van der Waals surface area (Å²) < 4.78 is 52.1. The molecule has 1 atom stereocenters. The first-order valence-corrected chi connectivity index (χ1v) is 14.3. The highest BCUT2D eigenvalue weighted by Crippen LogP contribution is 2.34. The van der Waals surface area contributed by atoms with Crippen LogP contribution in [0.25, 0.3) is 11.1 Å². The van der Waals surface area contributed by atoms with Crippen molar-refractivity contribution >= 4 is 49.9 Å². The van der Waals surface area contributed by atoms with Crippen molar-refractivity contribution in [1.82, 2.24) is 4.31 Å². The van der Waals surface area contributed by atoms with Crippen LogP contribution in [-0.2, 0) is 34.4 Å². The molecule has 0 spiro atoms. The van der Waals surface area contributed by atoms with Gasteiger partial charge < -0.3 is 4.55 Å². The minimum absolute atomic E-state index is 0.0325. The smallest absolute Gasteiger partial charge is 0.253 e. The van der Waals surface area contributed by atoms with E-state index in [9.17, 15) is 22.4 Å². The van der Waals surface area contributed by atoms with Crippen LogP contribution in [0.15, 0.2) is 94.5 Å². The lowest BCUT2D eigenvalue weighted by molar-refractivity contribution is 0.402. The van der Waals surface area contributed by atoms with Crippen molar-refractivity contribution in [3.63, 3.8) is 0 Å². The van der Waals surface area contributed by atoms with Crippen LogP contribution in [0.1, 0.15) is 11.1 Å². The van der Waals surface area contributed by atoms with Crippen molar-refractivity contribution in [2.24, 2.45) is 0 Å². The molecule has 36 heavy (non-hydrogen) atoms. The first kappa shape index (κ1) is 26.0. The molecule has 0 N–H and O–H groups in total. The van der Waals surface area contributed by atoms with Crippen molar-refractivity contribution < 1.29 is 17.2 Å². The van der Waals surface area contributed by atoms with E-state index in [2.05, 4.69) is 0 Å². The summed E-state index contributed by atoms with van der Waals surface area (Å²) in [6, 6.07) is 24.2. The van der Waals surface area contributed by atoms with Crippen LogP contribution in [-0.4, -0.2) is 21.5 Å². The molecule has 0 aliphatic rings. The second-order valence-electron chi connectivity index (χ2n) is 7.63. The van der Waals surface area contributed by atoms with E-state index in [0.717, 1.165) is 16.9 Å². The zero-order valence-corrected chi connectivity index (χ0v) is 21.9. The van der Waals surface area contributed by atoms with Crippen molar-refractivity contribution in [3.8, 4) is 17.3 Å². The van der Waals surface area contributed by atoms with Gasteiger partial charge in [0.1, 0.15) is 4.21 Å². The molecule has 0 aliphatic carbocycles. The summed E-state index contributed by atoms with van der Waals surface area (Å²) in [7, 11) is -3.78. The topological polar surface area (TPSA) is 105 Å². The molecule has 0 amide bonds. The van der Waals surface area contributed by atoms with Crippen LogP contribution < -0.4 is 4.31 Å². The molecule has 4 rings (SSSR count). The Labute approximate surface area is 221 Å². The molecule has 7 nitrogen and oxygen atoms in total. The third-order valence-electron chi connectivity index (χ3n) is 5.36. The minimum atomic E-state index is -3.78. The van der Waals surface area contributed by atoms with Gasteiger partial charge in [0, 0.05) is 23.7 Å². The summed E-state index contributed by atoms with van der Waals surface area (Å²) in [6.07, 6.45) is 1.65. The van der Waals surface area contributed by atoms with Gasteiger partial charge >= 0.3 is 0 Å². The zero-order chi connectivity index (χ0) is 25.7. The van der Waals surface area contributed by atoms with E-state index in [1.165, 1.54) is 10.4 Å². The first-order chi connectivity index (χ1) is 17.3. The summed E-state index contributed by atoms with van der Waals surface area (Å²) in [5, 5.41) is 11.3. The number of thiophene rings is 1.